The molecule has 2 N–H and O–H groups in total. The predicted molar refractivity (Wildman–Crippen MR) is 110 cm³/mol. The summed E-state index contributed by atoms with van der Waals surface area (Å²) in [4.78, 5) is 50.9. The largest absolute Gasteiger partial charge is 0.444 e. The maximum Gasteiger partial charge on any atom is 0.410 e. The topological polar surface area (TPSA) is 108 Å². The van der Waals surface area contributed by atoms with Gasteiger partial charge in [-0.15, -0.1) is 0 Å². The smallest absolute Gasteiger partial charge is 0.410 e. The second-order valence-electron chi connectivity index (χ2n) is 8.60. The first-order chi connectivity index (χ1) is 14.5. The molecule has 1 aromatic carbocycles. The maximum absolute atomic E-state index is 14.7. The normalized spacial score (nSPS) is 19.7. The van der Waals surface area contributed by atoms with Crippen LogP contribution in [0, 0.1) is 5.82 Å². The van der Waals surface area contributed by atoms with Crippen LogP contribution in [0.15, 0.2) is 18.2 Å². The lowest BCUT2D eigenvalue weighted by Gasteiger charge is -2.36. The Balaban J connectivity index is 1.59. The van der Waals surface area contributed by atoms with Crippen molar-refractivity contribution in [3.63, 3.8) is 0 Å². The molecule has 0 aliphatic carbocycles. The lowest BCUT2D eigenvalue weighted by Crippen LogP contribution is -2.52. The molecule has 1 atom stereocenters. The highest BCUT2D eigenvalue weighted by molar-refractivity contribution is 6.03. The zero-order chi connectivity index (χ0) is 22.8. The number of nitrogens with zero attached hydrogens (tertiary/aromatic N) is 2. The standard InChI is InChI=1S/C21H27FN4O5/c1-21(2,3)31-20(30)26-10-8-25(9-11-26)16-6-4-13(12-14(16)22)18(28)23-15-5-7-17(27)24-19(15)29/h4,6,12,15H,5,7-11H2,1-3H3,(H,23,28)(H,24,27,29). The molecule has 3 rings (SSSR count). The van der Waals surface area contributed by atoms with E-state index >= 15 is 0 Å². The van der Waals surface area contributed by atoms with Crippen LogP contribution < -0.4 is 15.5 Å². The third kappa shape index (κ3) is 5.71. The van der Waals surface area contributed by atoms with Crippen LogP contribution in [0.1, 0.15) is 44.0 Å². The molecule has 168 valence electrons. The number of carbonyl (C=O) groups is 4. The zero-order valence-electron chi connectivity index (χ0n) is 17.9. The molecule has 9 nitrogen and oxygen atoms in total. The van der Waals surface area contributed by atoms with E-state index in [1.165, 1.54) is 12.1 Å². The summed E-state index contributed by atoms with van der Waals surface area (Å²) in [5.74, 6) is -2.10. The fourth-order valence-corrected chi connectivity index (χ4v) is 3.43. The Morgan fingerprint density at radius 1 is 1.16 bits per heavy atom. The Morgan fingerprint density at radius 2 is 1.84 bits per heavy atom. The molecule has 2 heterocycles. The number of imide groups is 1. The van der Waals surface area contributed by atoms with Gasteiger partial charge in [0.25, 0.3) is 5.91 Å². The molecule has 0 bridgehead atoms. The van der Waals surface area contributed by atoms with Crippen LogP contribution in [-0.2, 0) is 14.3 Å². The molecular weight excluding hydrogens is 407 g/mol. The van der Waals surface area contributed by atoms with Crippen molar-refractivity contribution in [1.82, 2.24) is 15.5 Å². The van der Waals surface area contributed by atoms with Crippen LogP contribution >= 0.6 is 0 Å². The molecule has 2 fully saturated rings. The monoisotopic (exact) mass is 434 g/mol. The van der Waals surface area contributed by atoms with E-state index in [1.54, 1.807) is 30.6 Å². The van der Waals surface area contributed by atoms with Crippen molar-refractivity contribution in [2.45, 2.75) is 45.3 Å². The van der Waals surface area contributed by atoms with Crippen LogP contribution in [0.3, 0.4) is 0 Å². The third-order valence-electron chi connectivity index (χ3n) is 5.03. The van der Waals surface area contributed by atoms with E-state index in [-0.39, 0.29) is 24.3 Å². The molecule has 10 heteroatoms. The van der Waals surface area contributed by atoms with Crippen molar-refractivity contribution in [3.05, 3.63) is 29.6 Å². The summed E-state index contributed by atoms with van der Waals surface area (Å²) in [6.45, 7) is 7.05. The molecule has 0 spiro atoms. The predicted octanol–water partition coefficient (Wildman–Crippen LogP) is 1.42. The van der Waals surface area contributed by atoms with Gasteiger partial charge in [0.15, 0.2) is 0 Å². The van der Waals surface area contributed by atoms with Gasteiger partial charge in [-0.2, -0.15) is 0 Å². The van der Waals surface area contributed by atoms with E-state index in [9.17, 15) is 23.6 Å². The van der Waals surface area contributed by atoms with Gasteiger partial charge in [0.2, 0.25) is 11.8 Å². The number of anilines is 1. The molecule has 2 aliphatic rings. The van der Waals surface area contributed by atoms with Crippen molar-refractivity contribution >= 4 is 29.5 Å². The fraction of sp³-hybridized carbons (Fsp3) is 0.524. The number of carbonyl (C=O) groups excluding carboxylic acids is 4. The minimum atomic E-state index is -0.825. The molecule has 1 unspecified atom stereocenters. The zero-order valence-corrected chi connectivity index (χ0v) is 17.9. The van der Waals surface area contributed by atoms with Gasteiger partial charge >= 0.3 is 6.09 Å². The van der Waals surface area contributed by atoms with Gasteiger partial charge < -0.3 is 19.9 Å². The summed E-state index contributed by atoms with van der Waals surface area (Å²) in [6, 6.07) is 3.29. The molecule has 2 saturated heterocycles. The quantitative estimate of drug-likeness (QED) is 0.697. The number of hydrogen-bond acceptors (Lipinski definition) is 6. The van der Waals surface area contributed by atoms with Gasteiger partial charge in [-0.1, -0.05) is 0 Å². The molecule has 4 amide bonds. The van der Waals surface area contributed by atoms with E-state index < -0.39 is 35.4 Å². The second kappa shape index (κ2) is 8.91. The average Bonchev–Trinajstić information content (AvgIpc) is 2.69. The number of rotatable bonds is 3. The first-order valence-corrected chi connectivity index (χ1v) is 10.2. The summed E-state index contributed by atoms with van der Waals surface area (Å²) in [5.41, 5.74) is -0.162. The number of piperazine rings is 1. The first kappa shape index (κ1) is 22.5. The van der Waals surface area contributed by atoms with Crippen LogP contribution in [0.4, 0.5) is 14.9 Å². The Bertz CT molecular complexity index is 890. The summed E-state index contributed by atoms with van der Waals surface area (Å²) < 4.78 is 20.1. The van der Waals surface area contributed by atoms with Gasteiger partial charge in [-0.3, -0.25) is 19.7 Å². The highest BCUT2D eigenvalue weighted by Crippen LogP contribution is 2.23. The molecule has 0 saturated carbocycles. The SMILES string of the molecule is CC(C)(C)OC(=O)N1CCN(c2ccc(C(=O)NC3CCC(=O)NC3=O)cc2F)CC1. The fourth-order valence-electron chi connectivity index (χ4n) is 3.43. The number of benzene rings is 1. The third-order valence-corrected chi connectivity index (χ3v) is 5.03. The van der Waals surface area contributed by atoms with Gasteiger partial charge in [0.1, 0.15) is 17.5 Å². The number of nitrogens with one attached hydrogen (secondary N) is 2. The summed E-state index contributed by atoms with van der Waals surface area (Å²) >= 11 is 0. The van der Waals surface area contributed by atoms with Crippen molar-refractivity contribution in [2.75, 3.05) is 31.1 Å². The Morgan fingerprint density at radius 3 is 2.42 bits per heavy atom. The Hall–Kier alpha value is -3.17. The van der Waals surface area contributed by atoms with Gasteiger partial charge in [0, 0.05) is 38.2 Å². The molecule has 2 aliphatic heterocycles. The highest BCUT2D eigenvalue weighted by Gasteiger charge is 2.29. The van der Waals surface area contributed by atoms with E-state index in [2.05, 4.69) is 10.6 Å². The van der Waals surface area contributed by atoms with Gasteiger partial charge in [0.05, 0.1) is 5.69 Å². The summed E-state index contributed by atoms with van der Waals surface area (Å²) in [7, 11) is 0. The van der Waals surface area contributed by atoms with Gasteiger partial charge in [-0.05, 0) is 45.4 Å². The van der Waals surface area contributed by atoms with Crippen LogP contribution in [0.5, 0.6) is 0 Å². The van der Waals surface area contributed by atoms with E-state index in [0.717, 1.165) is 6.07 Å². The van der Waals surface area contributed by atoms with Crippen molar-refractivity contribution in [1.29, 1.82) is 0 Å². The van der Waals surface area contributed by atoms with Crippen LogP contribution in [-0.4, -0.2) is 66.5 Å². The maximum atomic E-state index is 14.7. The Kier molecular flexibility index (Phi) is 6.47. The lowest BCUT2D eigenvalue weighted by molar-refractivity contribution is -0.134. The summed E-state index contributed by atoms with van der Waals surface area (Å²) in [6.07, 6.45) is -0.0499. The number of amides is 4. The number of piperidine rings is 1. The minimum Gasteiger partial charge on any atom is -0.444 e. The molecule has 0 aromatic heterocycles. The lowest BCUT2D eigenvalue weighted by atomic mass is 10.1. The second-order valence-corrected chi connectivity index (χ2v) is 8.60. The van der Waals surface area contributed by atoms with Crippen molar-refractivity contribution < 1.29 is 28.3 Å². The van der Waals surface area contributed by atoms with Crippen molar-refractivity contribution in [3.8, 4) is 0 Å². The van der Waals surface area contributed by atoms with Gasteiger partial charge in [-0.25, -0.2) is 9.18 Å². The molecular formula is C21H27FN4O5. The molecule has 0 radical (unpaired) electrons. The number of hydrogen-bond donors (Lipinski definition) is 2. The molecule has 1 aromatic rings. The minimum absolute atomic E-state index is 0.0818. The van der Waals surface area contributed by atoms with Crippen molar-refractivity contribution in [2.24, 2.45) is 0 Å². The summed E-state index contributed by atoms with van der Waals surface area (Å²) in [5, 5.41) is 4.69. The number of halogens is 1. The van der Waals surface area contributed by atoms with Crippen LogP contribution in [0.2, 0.25) is 0 Å². The van der Waals surface area contributed by atoms with E-state index in [0.29, 0.717) is 31.9 Å². The van der Waals surface area contributed by atoms with E-state index in [1.807, 2.05) is 0 Å². The number of ether oxygens (including phenoxy) is 1. The highest BCUT2D eigenvalue weighted by atomic mass is 19.1. The first-order valence-electron chi connectivity index (χ1n) is 10.2. The van der Waals surface area contributed by atoms with E-state index in [4.69, 9.17) is 4.74 Å². The molecule has 31 heavy (non-hydrogen) atoms. The Labute approximate surface area is 179 Å². The average molecular weight is 434 g/mol. The van der Waals surface area contributed by atoms with Crippen LogP contribution in [0.25, 0.3) is 0 Å².